The number of ketones is 1. The minimum absolute atomic E-state index is 0.175. The molecule has 0 unspecified atom stereocenters. The number of hydrogen-bond acceptors (Lipinski definition) is 3. The molecule has 2 rings (SSSR count). The second-order valence-corrected chi connectivity index (χ2v) is 7.04. The van der Waals surface area contributed by atoms with Gasteiger partial charge in [-0.05, 0) is 26.0 Å². The van der Waals surface area contributed by atoms with E-state index in [0.29, 0.717) is 11.1 Å². The molecule has 0 aliphatic rings. The predicted octanol–water partition coefficient (Wildman–Crippen LogP) is 4.00. The summed E-state index contributed by atoms with van der Waals surface area (Å²) in [7, 11) is 0. The van der Waals surface area contributed by atoms with Gasteiger partial charge in [-0.25, -0.2) is 0 Å². The van der Waals surface area contributed by atoms with Crippen LogP contribution in [0.3, 0.4) is 0 Å². The minimum Gasteiger partial charge on any atom is -0.425 e. The minimum atomic E-state index is -0.810. The Labute approximate surface area is 132 Å². The number of hydrogen-bond donors (Lipinski definition) is 0. The summed E-state index contributed by atoms with van der Waals surface area (Å²) in [6.07, 6.45) is 0. The lowest BCUT2D eigenvalue weighted by atomic mass is 10.0. The lowest BCUT2D eigenvalue weighted by Gasteiger charge is -2.16. The number of alkyl halides is 1. The molecule has 0 spiro atoms. The molecule has 0 fully saturated rings. The first-order valence-electron chi connectivity index (χ1n) is 6.49. The van der Waals surface area contributed by atoms with Crippen LogP contribution >= 0.6 is 15.9 Å². The van der Waals surface area contributed by atoms with Gasteiger partial charge in [-0.1, -0.05) is 58.4 Å². The first kappa shape index (κ1) is 15.4. The van der Waals surface area contributed by atoms with E-state index in [2.05, 4.69) is 15.9 Å². The summed E-state index contributed by atoms with van der Waals surface area (Å²) in [5.74, 6) is -0.355. The van der Waals surface area contributed by atoms with E-state index in [4.69, 9.17) is 4.74 Å². The Hall–Kier alpha value is -1.94. The van der Waals surface area contributed by atoms with Crippen molar-refractivity contribution in [2.45, 2.75) is 18.2 Å². The molecule has 0 atom stereocenters. The Morgan fingerprint density at radius 3 is 2.14 bits per heavy atom. The second kappa shape index (κ2) is 6.22. The summed E-state index contributed by atoms with van der Waals surface area (Å²) >= 11 is 3.25. The molecule has 0 bridgehead atoms. The number of carbonyl (C=O) groups is 2. The van der Waals surface area contributed by atoms with Crippen molar-refractivity contribution in [3.63, 3.8) is 0 Å². The molecule has 0 saturated heterocycles. The van der Waals surface area contributed by atoms with Crippen LogP contribution in [0, 0.1) is 0 Å². The fraction of sp³-hybridized carbons (Fsp3) is 0.176. The van der Waals surface area contributed by atoms with Crippen molar-refractivity contribution >= 4 is 27.7 Å². The van der Waals surface area contributed by atoms with Crippen LogP contribution in [-0.2, 0) is 4.79 Å². The number of halogens is 1. The molecule has 0 amide bonds. The Bertz CT molecular complexity index is 657. The molecule has 0 N–H and O–H groups in total. The third-order valence-electron chi connectivity index (χ3n) is 2.86. The van der Waals surface area contributed by atoms with Crippen LogP contribution in [0.25, 0.3) is 0 Å². The fourth-order valence-corrected chi connectivity index (χ4v) is 1.79. The standard InChI is InChI=1S/C17H15BrO3/c1-17(2,18)16(20)21-14-11-7-6-10-13(14)15(19)12-8-4-3-5-9-12/h3-11H,1-2H3. The van der Waals surface area contributed by atoms with Gasteiger partial charge in [0.1, 0.15) is 10.1 Å². The highest BCUT2D eigenvalue weighted by atomic mass is 79.9. The molecule has 2 aromatic rings. The maximum Gasteiger partial charge on any atom is 0.327 e. The van der Waals surface area contributed by atoms with Gasteiger partial charge in [0, 0.05) is 5.56 Å². The molecule has 0 aliphatic carbocycles. The second-order valence-electron chi connectivity index (χ2n) is 5.05. The van der Waals surface area contributed by atoms with Gasteiger partial charge in [-0.15, -0.1) is 0 Å². The Kier molecular flexibility index (Phi) is 4.58. The molecule has 0 saturated carbocycles. The van der Waals surface area contributed by atoms with Gasteiger partial charge in [0.2, 0.25) is 0 Å². The maximum absolute atomic E-state index is 12.5. The SMILES string of the molecule is CC(C)(Br)C(=O)Oc1ccccc1C(=O)c1ccccc1. The molecule has 2 aromatic carbocycles. The molecule has 0 aromatic heterocycles. The maximum atomic E-state index is 12.5. The average molecular weight is 347 g/mol. The van der Waals surface area contributed by atoms with E-state index in [1.165, 1.54) is 0 Å². The van der Waals surface area contributed by atoms with Crippen molar-refractivity contribution in [2.75, 3.05) is 0 Å². The lowest BCUT2D eigenvalue weighted by Crippen LogP contribution is -2.29. The molecular formula is C17H15BrO3. The summed E-state index contributed by atoms with van der Waals surface area (Å²) in [6.45, 7) is 3.38. The van der Waals surface area contributed by atoms with Crippen LogP contribution in [-0.4, -0.2) is 16.1 Å². The molecule has 4 heteroatoms. The number of esters is 1. The van der Waals surface area contributed by atoms with E-state index >= 15 is 0 Å². The van der Waals surface area contributed by atoms with Crippen LogP contribution in [0.15, 0.2) is 54.6 Å². The smallest absolute Gasteiger partial charge is 0.327 e. The highest BCUT2D eigenvalue weighted by Crippen LogP contribution is 2.25. The summed E-state index contributed by atoms with van der Waals surface area (Å²) in [5.41, 5.74) is 0.924. The normalized spacial score (nSPS) is 11.0. The van der Waals surface area contributed by atoms with Crippen molar-refractivity contribution in [3.8, 4) is 5.75 Å². The van der Waals surface area contributed by atoms with Gasteiger partial charge in [0.25, 0.3) is 0 Å². The van der Waals surface area contributed by atoms with Gasteiger partial charge in [0.15, 0.2) is 5.78 Å². The molecule has 0 radical (unpaired) electrons. The lowest BCUT2D eigenvalue weighted by molar-refractivity contribution is -0.136. The molecule has 108 valence electrons. The monoisotopic (exact) mass is 346 g/mol. The molecule has 0 heterocycles. The summed E-state index contributed by atoms with van der Waals surface area (Å²) in [4.78, 5) is 24.5. The van der Waals surface area contributed by atoms with Gasteiger partial charge in [-0.2, -0.15) is 0 Å². The highest BCUT2D eigenvalue weighted by molar-refractivity contribution is 9.10. The summed E-state index contributed by atoms with van der Waals surface area (Å²) < 4.78 is 4.54. The topological polar surface area (TPSA) is 43.4 Å². The first-order valence-corrected chi connectivity index (χ1v) is 7.29. The van der Waals surface area contributed by atoms with Crippen molar-refractivity contribution in [1.82, 2.24) is 0 Å². The third-order valence-corrected chi connectivity index (χ3v) is 3.18. The van der Waals surface area contributed by atoms with Crippen molar-refractivity contribution < 1.29 is 14.3 Å². The zero-order valence-corrected chi connectivity index (χ0v) is 13.4. The average Bonchev–Trinajstić information content (AvgIpc) is 2.47. The van der Waals surface area contributed by atoms with Crippen molar-refractivity contribution in [2.24, 2.45) is 0 Å². The van der Waals surface area contributed by atoms with E-state index in [1.807, 2.05) is 6.07 Å². The van der Waals surface area contributed by atoms with E-state index in [0.717, 1.165) is 0 Å². The number of rotatable bonds is 4. The Morgan fingerprint density at radius 2 is 1.52 bits per heavy atom. The number of carbonyl (C=O) groups excluding carboxylic acids is 2. The number of para-hydroxylation sites is 1. The third kappa shape index (κ3) is 3.79. The van der Waals surface area contributed by atoms with Gasteiger partial charge >= 0.3 is 5.97 Å². The van der Waals surface area contributed by atoms with E-state index in [-0.39, 0.29) is 11.5 Å². The zero-order chi connectivity index (χ0) is 15.5. The van der Waals surface area contributed by atoms with Crippen LogP contribution < -0.4 is 4.74 Å². The summed E-state index contributed by atoms with van der Waals surface area (Å²) in [5, 5.41) is 0. The quantitative estimate of drug-likeness (QED) is 0.363. The van der Waals surface area contributed by atoms with Gasteiger partial charge < -0.3 is 4.74 Å². The Balaban J connectivity index is 2.34. The van der Waals surface area contributed by atoms with Crippen molar-refractivity contribution in [1.29, 1.82) is 0 Å². The summed E-state index contributed by atoms with van der Waals surface area (Å²) in [6, 6.07) is 15.6. The largest absolute Gasteiger partial charge is 0.425 e. The molecular weight excluding hydrogens is 332 g/mol. The van der Waals surface area contributed by atoms with E-state index in [1.54, 1.807) is 62.4 Å². The fourth-order valence-electron chi connectivity index (χ4n) is 1.71. The highest BCUT2D eigenvalue weighted by Gasteiger charge is 2.27. The zero-order valence-electron chi connectivity index (χ0n) is 11.8. The molecule has 21 heavy (non-hydrogen) atoms. The van der Waals surface area contributed by atoms with Crippen LogP contribution in [0.4, 0.5) is 0 Å². The van der Waals surface area contributed by atoms with Crippen LogP contribution in [0.2, 0.25) is 0 Å². The molecule has 0 aliphatic heterocycles. The van der Waals surface area contributed by atoms with E-state index in [9.17, 15) is 9.59 Å². The van der Waals surface area contributed by atoms with Crippen LogP contribution in [0.5, 0.6) is 5.75 Å². The van der Waals surface area contributed by atoms with E-state index < -0.39 is 10.3 Å². The van der Waals surface area contributed by atoms with Gasteiger partial charge in [-0.3, -0.25) is 9.59 Å². The van der Waals surface area contributed by atoms with Crippen molar-refractivity contribution in [3.05, 3.63) is 65.7 Å². The predicted molar refractivity (Wildman–Crippen MR) is 85.0 cm³/mol. The number of ether oxygens (including phenoxy) is 1. The molecule has 3 nitrogen and oxygen atoms in total. The van der Waals surface area contributed by atoms with Gasteiger partial charge in [0.05, 0.1) is 5.56 Å². The Morgan fingerprint density at radius 1 is 0.952 bits per heavy atom. The van der Waals surface area contributed by atoms with Crippen LogP contribution in [0.1, 0.15) is 29.8 Å². The first-order chi connectivity index (χ1) is 9.89. The number of benzene rings is 2.